The van der Waals surface area contributed by atoms with Gasteiger partial charge in [-0.25, -0.2) is 9.98 Å². The Bertz CT molecular complexity index is 715. The predicted octanol–water partition coefficient (Wildman–Crippen LogP) is 1.79. The molecule has 1 aromatic carbocycles. The number of carbonyl (C=O) groups is 3. The van der Waals surface area contributed by atoms with Crippen LogP contribution >= 0.6 is 0 Å². The number of amides is 3. The smallest absolute Gasteiger partial charge is 0.288 e. The van der Waals surface area contributed by atoms with Crippen LogP contribution in [0.15, 0.2) is 52.5 Å². The fourth-order valence-electron chi connectivity index (χ4n) is 1.66. The summed E-state index contributed by atoms with van der Waals surface area (Å²) in [5.74, 6) is -1.78. The highest BCUT2D eigenvalue weighted by atomic mass is 16.2. The number of nitrogens with zero attached hydrogens (tertiary/aromatic N) is 2. The van der Waals surface area contributed by atoms with Crippen LogP contribution in [0.25, 0.3) is 6.08 Å². The van der Waals surface area contributed by atoms with Crippen LogP contribution in [0, 0.1) is 0 Å². The van der Waals surface area contributed by atoms with Crippen molar-refractivity contribution in [1.82, 2.24) is 0 Å². The Balaban J connectivity index is 2.31. The molecule has 0 saturated carbocycles. The van der Waals surface area contributed by atoms with Gasteiger partial charge in [0.25, 0.3) is 11.8 Å². The van der Waals surface area contributed by atoms with Crippen LogP contribution in [0.2, 0.25) is 0 Å². The van der Waals surface area contributed by atoms with E-state index in [0.717, 1.165) is 18.0 Å². The maximum absolute atomic E-state index is 11.7. The number of nitrogens with one attached hydrogen (secondary N) is 1. The Kier molecular flexibility index (Phi) is 5.25. The minimum Gasteiger partial charge on any atom is -0.321 e. The van der Waals surface area contributed by atoms with Crippen LogP contribution in [-0.2, 0) is 14.4 Å². The predicted molar refractivity (Wildman–Crippen MR) is 84.9 cm³/mol. The molecular formula is C16H13N3O3. The lowest BCUT2D eigenvalue weighted by atomic mass is 10.1. The first-order chi connectivity index (χ1) is 10.6. The SMILES string of the molecule is O=C1C=NC(=O)C/C=C\C=C/c2ccccc2NC(=O)C=N1. The second kappa shape index (κ2) is 7.58. The number of aliphatic imine (C=N–C) groups is 2. The number of anilines is 1. The molecule has 0 fully saturated rings. The summed E-state index contributed by atoms with van der Waals surface area (Å²) in [5, 5.41) is 2.63. The highest BCUT2D eigenvalue weighted by Gasteiger charge is 2.04. The van der Waals surface area contributed by atoms with E-state index in [0.29, 0.717) is 5.69 Å². The van der Waals surface area contributed by atoms with E-state index in [-0.39, 0.29) is 6.42 Å². The number of allylic oxidation sites excluding steroid dienone is 2. The van der Waals surface area contributed by atoms with Gasteiger partial charge in [-0.2, -0.15) is 0 Å². The highest BCUT2D eigenvalue weighted by molar-refractivity contribution is 6.38. The maximum Gasteiger partial charge on any atom is 0.288 e. The fourth-order valence-corrected chi connectivity index (χ4v) is 1.66. The van der Waals surface area contributed by atoms with Crippen LogP contribution in [0.1, 0.15) is 12.0 Å². The second-order valence-electron chi connectivity index (χ2n) is 4.32. The molecule has 6 heteroatoms. The van der Waals surface area contributed by atoms with Crippen molar-refractivity contribution in [2.75, 3.05) is 5.32 Å². The summed E-state index contributed by atoms with van der Waals surface area (Å²) in [6.45, 7) is 0. The molecule has 2 rings (SSSR count). The van der Waals surface area contributed by atoms with Crippen molar-refractivity contribution in [2.24, 2.45) is 9.98 Å². The van der Waals surface area contributed by atoms with E-state index < -0.39 is 17.7 Å². The molecule has 0 aliphatic carbocycles. The number of para-hydroxylation sites is 1. The van der Waals surface area contributed by atoms with Crippen molar-refractivity contribution in [3.63, 3.8) is 0 Å². The summed E-state index contributed by atoms with van der Waals surface area (Å²) >= 11 is 0. The Labute approximate surface area is 127 Å². The molecule has 0 spiro atoms. The summed E-state index contributed by atoms with van der Waals surface area (Å²) in [4.78, 5) is 41.3. The lowest BCUT2D eigenvalue weighted by Crippen LogP contribution is -2.14. The lowest BCUT2D eigenvalue weighted by molar-refractivity contribution is -0.117. The molecule has 6 nitrogen and oxygen atoms in total. The van der Waals surface area contributed by atoms with Crippen LogP contribution in [0.3, 0.4) is 0 Å². The zero-order chi connectivity index (χ0) is 15.8. The zero-order valence-corrected chi connectivity index (χ0v) is 11.6. The minimum absolute atomic E-state index is 0.0800. The average molecular weight is 295 g/mol. The molecular weight excluding hydrogens is 282 g/mol. The Morgan fingerprint density at radius 1 is 0.955 bits per heavy atom. The van der Waals surface area contributed by atoms with Gasteiger partial charge in [0.15, 0.2) is 0 Å². The number of hydrogen-bond donors (Lipinski definition) is 1. The molecule has 22 heavy (non-hydrogen) atoms. The van der Waals surface area contributed by atoms with Crippen molar-refractivity contribution in [2.45, 2.75) is 6.42 Å². The van der Waals surface area contributed by atoms with Crippen molar-refractivity contribution in [3.05, 3.63) is 48.1 Å². The molecule has 1 N–H and O–H groups in total. The second-order valence-corrected chi connectivity index (χ2v) is 4.32. The van der Waals surface area contributed by atoms with E-state index in [2.05, 4.69) is 15.3 Å². The molecule has 0 saturated heterocycles. The van der Waals surface area contributed by atoms with E-state index in [9.17, 15) is 14.4 Å². The summed E-state index contributed by atoms with van der Waals surface area (Å²) in [6, 6.07) is 7.18. The van der Waals surface area contributed by atoms with Crippen molar-refractivity contribution < 1.29 is 14.4 Å². The quantitative estimate of drug-likeness (QED) is 0.791. The molecule has 0 atom stereocenters. The van der Waals surface area contributed by atoms with Gasteiger partial charge in [0.1, 0.15) is 0 Å². The van der Waals surface area contributed by atoms with Crippen LogP contribution in [0.5, 0.6) is 0 Å². The lowest BCUT2D eigenvalue weighted by Gasteiger charge is -2.05. The van der Waals surface area contributed by atoms with E-state index in [1.54, 1.807) is 36.4 Å². The third kappa shape index (κ3) is 4.75. The first-order valence-corrected chi connectivity index (χ1v) is 6.53. The van der Waals surface area contributed by atoms with Gasteiger partial charge < -0.3 is 5.32 Å². The van der Waals surface area contributed by atoms with Gasteiger partial charge >= 0.3 is 0 Å². The van der Waals surface area contributed by atoms with E-state index in [4.69, 9.17) is 0 Å². The molecule has 110 valence electrons. The summed E-state index contributed by atoms with van der Waals surface area (Å²) in [7, 11) is 0. The van der Waals surface area contributed by atoms with Gasteiger partial charge in [-0.3, -0.25) is 14.4 Å². The van der Waals surface area contributed by atoms with Gasteiger partial charge in [-0.15, -0.1) is 0 Å². The monoisotopic (exact) mass is 295 g/mol. The first kappa shape index (κ1) is 15.2. The van der Waals surface area contributed by atoms with Gasteiger partial charge in [-0.1, -0.05) is 42.5 Å². The fraction of sp³-hybridized carbons (Fsp3) is 0.0625. The maximum atomic E-state index is 11.7. The largest absolute Gasteiger partial charge is 0.321 e. The first-order valence-electron chi connectivity index (χ1n) is 6.53. The topological polar surface area (TPSA) is 88.0 Å². The zero-order valence-electron chi connectivity index (χ0n) is 11.6. The van der Waals surface area contributed by atoms with Gasteiger partial charge in [0, 0.05) is 12.1 Å². The molecule has 3 amide bonds. The molecule has 0 radical (unpaired) electrons. The van der Waals surface area contributed by atoms with E-state index in [1.165, 1.54) is 0 Å². The Morgan fingerprint density at radius 3 is 2.64 bits per heavy atom. The number of rotatable bonds is 0. The number of benzene rings is 1. The van der Waals surface area contributed by atoms with Gasteiger partial charge in [0.05, 0.1) is 12.4 Å². The van der Waals surface area contributed by atoms with Gasteiger partial charge in [0.2, 0.25) is 5.91 Å². The Hall–Kier alpha value is -3.15. The summed E-state index contributed by atoms with van der Waals surface area (Å²) in [6.07, 6.45) is 8.61. The minimum atomic E-state index is -0.770. The normalized spacial score (nSPS) is 18.8. The summed E-state index contributed by atoms with van der Waals surface area (Å²) < 4.78 is 0. The molecule has 0 bridgehead atoms. The van der Waals surface area contributed by atoms with Crippen molar-refractivity contribution in [1.29, 1.82) is 0 Å². The van der Waals surface area contributed by atoms with Crippen molar-refractivity contribution in [3.8, 4) is 0 Å². The molecule has 1 aromatic rings. The average Bonchev–Trinajstić information content (AvgIpc) is 2.51. The highest BCUT2D eigenvalue weighted by Crippen LogP contribution is 2.16. The van der Waals surface area contributed by atoms with E-state index >= 15 is 0 Å². The number of carbonyl (C=O) groups excluding carboxylic acids is 3. The van der Waals surface area contributed by atoms with Crippen LogP contribution in [-0.4, -0.2) is 30.2 Å². The van der Waals surface area contributed by atoms with Crippen LogP contribution in [0.4, 0.5) is 5.69 Å². The number of fused-ring (bicyclic) bond motifs is 1. The molecule has 0 aromatic heterocycles. The number of hydrogen-bond acceptors (Lipinski definition) is 3. The van der Waals surface area contributed by atoms with Crippen molar-refractivity contribution >= 4 is 41.9 Å². The van der Waals surface area contributed by atoms with E-state index in [1.807, 2.05) is 12.1 Å². The standard InChI is InChI=1S/C16H13N3O3/c20-14-9-3-1-2-6-12-7-4-5-8-13(12)19-16(22)11-18-15(21)10-17-14/h1-8,10-11H,9H2,(H,19,22)/b3-1-,6-2-,17-10?,18-11?. The Morgan fingerprint density at radius 2 is 1.77 bits per heavy atom. The third-order valence-electron chi connectivity index (χ3n) is 2.66. The molecule has 1 aliphatic rings. The molecule has 1 aliphatic heterocycles. The van der Waals surface area contributed by atoms with Gasteiger partial charge in [-0.05, 0) is 11.6 Å². The summed E-state index contributed by atoms with van der Waals surface area (Å²) in [5.41, 5.74) is 1.38. The van der Waals surface area contributed by atoms with Crippen LogP contribution < -0.4 is 5.32 Å². The molecule has 1 heterocycles. The molecule has 0 unspecified atom stereocenters. The third-order valence-corrected chi connectivity index (χ3v) is 2.66.